The Kier molecular flexibility index (Phi) is 6.62. The molecule has 8 nitrogen and oxygen atoms in total. The number of nitrogens with two attached hydrogens (primary N) is 1. The molecular weight excluding hydrogens is 340 g/mol. The van der Waals surface area contributed by atoms with E-state index in [0.717, 1.165) is 5.56 Å². The summed E-state index contributed by atoms with van der Waals surface area (Å²) < 4.78 is 20.9. The van der Waals surface area contributed by atoms with Crippen molar-refractivity contribution in [3.05, 3.63) is 51.6 Å². The normalized spacial score (nSPS) is 10.3. The topological polar surface area (TPSA) is 96.7 Å². The molecule has 0 aromatic heterocycles. The van der Waals surface area contributed by atoms with Gasteiger partial charge in [-0.3, -0.25) is 10.1 Å². The van der Waals surface area contributed by atoms with Crippen LogP contribution >= 0.6 is 0 Å². The Hall–Kier alpha value is -3.00. The molecule has 0 unspecified atom stereocenters. The largest absolute Gasteiger partial charge is 0.497 e. The van der Waals surface area contributed by atoms with Crippen LogP contribution in [0.3, 0.4) is 0 Å². The highest BCUT2D eigenvalue weighted by Crippen LogP contribution is 2.34. The van der Waals surface area contributed by atoms with Crippen LogP contribution in [-0.2, 0) is 13.1 Å². The first-order valence-electron chi connectivity index (χ1n) is 7.95. The van der Waals surface area contributed by atoms with Crippen LogP contribution in [0.25, 0.3) is 0 Å². The summed E-state index contributed by atoms with van der Waals surface area (Å²) in [7, 11) is 6.13. The minimum absolute atomic E-state index is 0.00197. The molecule has 0 saturated carbocycles. The summed E-state index contributed by atoms with van der Waals surface area (Å²) in [5.41, 5.74) is 1.55. The van der Waals surface area contributed by atoms with Crippen molar-refractivity contribution >= 4 is 5.69 Å². The van der Waals surface area contributed by atoms with E-state index in [9.17, 15) is 10.1 Å². The third-order valence-electron chi connectivity index (χ3n) is 3.94. The van der Waals surface area contributed by atoms with E-state index >= 15 is 0 Å². The molecule has 0 aliphatic rings. The predicted octanol–water partition coefficient (Wildman–Crippen LogP) is 1.89. The van der Waals surface area contributed by atoms with E-state index in [-0.39, 0.29) is 5.69 Å². The predicted molar refractivity (Wildman–Crippen MR) is 95.1 cm³/mol. The van der Waals surface area contributed by atoms with Gasteiger partial charge < -0.3 is 24.3 Å². The van der Waals surface area contributed by atoms with Gasteiger partial charge in [-0.2, -0.15) is 0 Å². The summed E-state index contributed by atoms with van der Waals surface area (Å²) in [5, 5.41) is 13.3. The van der Waals surface area contributed by atoms with Gasteiger partial charge in [0.2, 0.25) is 0 Å². The van der Waals surface area contributed by atoms with Crippen LogP contribution in [0.5, 0.6) is 23.0 Å². The number of nitrogens with zero attached hydrogens (tertiary/aromatic N) is 1. The molecule has 8 heteroatoms. The van der Waals surface area contributed by atoms with E-state index in [1.807, 2.05) is 17.4 Å². The van der Waals surface area contributed by atoms with Crippen molar-refractivity contribution in [2.75, 3.05) is 28.4 Å². The van der Waals surface area contributed by atoms with Gasteiger partial charge in [-0.15, -0.1) is 0 Å². The van der Waals surface area contributed by atoms with E-state index in [0.29, 0.717) is 41.7 Å². The number of methoxy groups -OCH3 is 4. The maximum Gasteiger partial charge on any atom is 0.282 e. The summed E-state index contributed by atoms with van der Waals surface area (Å²) >= 11 is 0. The number of hydrogen-bond donors (Lipinski definition) is 1. The average molecular weight is 363 g/mol. The van der Waals surface area contributed by atoms with Crippen molar-refractivity contribution in [3.63, 3.8) is 0 Å². The standard InChI is InChI=1S/C18H22N2O6/c1-23-14-5-12(6-15(8-14)24-2)10-19-11-13-7-17(25-3)18(26-4)9-16(13)20(21)22/h5-9,19H,10-11H2,1-4H3/p+1. The molecule has 0 fully saturated rings. The molecule has 2 aromatic carbocycles. The molecule has 0 bridgehead atoms. The monoisotopic (exact) mass is 363 g/mol. The second-order valence-corrected chi connectivity index (χ2v) is 5.51. The minimum Gasteiger partial charge on any atom is -0.497 e. The molecule has 0 aliphatic heterocycles. The molecule has 26 heavy (non-hydrogen) atoms. The van der Waals surface area contributed by atoms with Crippen LogP contribution in [0.2, 0.25) is 0 Å². The summed E-state index contributed by atoms with van der Waals surface area (Å²) in [6.45, 7) is 1.02. The molecule has 2 rings (SSSR count). The van der Waals surface area contributed by atoms with E-state index in [4.69, 9.17) is 18.9 Å². The van der Waals surface area contributed by atoms with Crippen LogP contribution in [-0.4, -0.2) is 33.4 Å². The number of hydrogen-bond acceptors (Lipinski definition) is 6. The van der Waals surface area contributed by atoms with Crippen molar-refractivity contribution in [2.45, 2.75) is 13.1 Å². The minimum atomic E-state index is -0.417. The van der Waals surface area contributed by atoms with Gasteiger partial charge in [0.25, 0.3) is 5.69 Å². The number of quaternary nitrogens is 1. The van der Waals surface area contributed by atoms with Crippen LogP contribution in [0.1, 0.15) is 11.1 Å². The molecule has 0 heterocycles. The molecular formula is C18H23N2O6+. The van der Waals surface area contributed by atoms with Gasteiger partial charge in [-0.25, -0.2) is 0 Å². The molecule has 2 aromatic rings. The van der Waals surface area contributed by atoms with E-state index < -0.39 is 4.92 Å². The highest BCUT2D eigenvalue weighted by molar-refractivity contribution is 5.54. The van der Waals surface area contributed by atoms with Gasteiger partial charge in [0.05, 0.1) is 45.0 Å². The van der Waals surface area contributed by atoms with Crippen molar-refractivity contribution in [2.24, 2.45) is 0 Å². The molecule has 0 radical (unpaired) electrons. The van der Waals surface area contributed by atoms with E-state index in [2.05, 4.69) is 0 Å². The highest BCUT2D eigenvalue weighted by atomic mass is 16.6. The van der Waals surface area contributed by atoms with Crippen molar-refractivity contribution in [1.29, 1.82) is 0 Å². The lowest BCUT2D eigenvalue weighted by molar-refractivity contribution is -0.686. The first-order chi connectivity index (χ1) is 12.5. The van der Waals surface area contributed by atoms with Gasteiger partial charge in [-0.05, 0) is 18.2 Å². The Morgan fingerprint density at radius 3 is 1.92 bits per heavy atom. The van der Waals surface area contributed by atoms with Crippen molar-refractivity contribution < 1.29 is 29.2 Å². The lowest BCUT2D eigenvalue weighted by Crippen LogP contribution is -2.80. The number of rotatable bonds is 9. The Labute approximate surface area is 151 Å². The summed E-state index contributed by atoms with van der Waals surface area (Å²) in [5.74, 6) is 2.19. The van der Waals surface area contributed by atoms with Crippen LogP contribution in [0, 0.1) is 10.1 Å². The fraction of sp³-hybridized carbons (Fsp3) is 0.333. The molecule has 0 aliphatic carbocycles. The molecule has 0 atom stereocenters. The Morgan fingerprint density at radius 1 is 0.846 bits per heavy atom. The first-order valence-corrected chi connectivity index (χ1v) is 7.95. The maximum absolute atomic E-state index is 11.4. The van der Waals surface area contributed by atoms with Gasteiger partial charge in [0.1, 0.15) is 24.6 Å². The second-order valence-electron chi connectivity index (χ2n) is 5.51. The highest BCUT2D eigenvalue weighted by Gasteiger charge is 2.20. The van der Waals surface area contributed by atoms with Crippen LogP contribution in [0.15, 0.2) is 30.3 Å². The lowest BCUT2D eigenvalue weighted by atomic mass is 10.1. The molecule has 0 amide bonds. The Morgan fingerprint density at radius 2 is 1.42 bits per heavy atom. The maximum atomic E-state index is 11.4. The van der Waals surface area contributed by atoms with Gasteiger partial charge in [-0.1, -0.05) is 0 Å². The quantitative estimate of drug-likeness (QED) is 0.540. The van der Waals surface area contributed by atoms with Gasteiger partial charge in [0.15, 0.2) is 11.5 Å². The Balaban J connectivity index is 2.17. The van der Waals surface area contributed by atoms with Crippen LogP contribution < -0.4 is 24.3 Å². The van der Waals surface area contributed by atoms with E-state index in [1.54, 1.807) is 26.4 Å². The van der Waals surface area contributed by atoms with Gasteiger partial charge >= 0.3 is 0 Å². The number of ether oxygens (including phenoxy) is 4. The van der Waals surface area contributed by atoms with Crippen molar-refractivity contribution in [3.8, 4) is 23.0 Å². The molecule has 140 valence electrons. The fourth-order valence-electron chi connectivity index (χ4n) is 2.62. The number of nitro groups is 1. The third kappa shape index (κ3) is 4.54. The third-order valence-corrected chi connectivity index (χ3v) is 3.94. The smallest absolute Gasteiger partial charge is 0.282 e. The number of nitro benzene ring substituents is 1. The summed E-state index contributed by atoms with van der Waals surface area (Å²) in [4.78, 5) is 10.9. The SMILES string of the molecule is COc1cc(C[NH2+]Cc2cc(OC)c(OC)cc2[N+](=O)[O-])cc(OC)c1. The van der Waals surface area contributed by atoms with Gasteiger partial charge in [0, 0.05) is 11.6 Å². The van der Waals surface area contributed by atoms with Crippen molar-refractivity contribution in [1.82, 2.24) is 0 Å². The van der Waals surface area contributed by atoms with Crippen LogP contribution in [0.4, 0.5) is 5.69 Å². The summed E-state index contributed by atoms with van der Waals surface area (Å²) in [6, 6.07) is 8.63. The summed E-state index contributed by atoms with van der Waals surface area (Å²) in [6.07, 6.45) is 0. The molecule has 2 N–H and O–H groups in total. The Bertz CT molecular complexity index is 756. The second kappa shape index (κ2) is 8.91. The zero-order valence-electron chi connectivity index (χ0n) is 15.3. The first kappa shape index (κ1) is 19.3. The fourth-order valence-corrected chi connectivity index (χ4v) is 2.62. The lowest BCUT2D eigenvalue weighted by Gasteiger charge is -2.11. The number of benzene rings is 2. The molecule has 0 saturated heterocycles. The average Bonchev–Trinajstić information content (AvgIpc) is 2.66. The zero-order valence-corrected chi connectivity index (χ0v) is 15.3. The molecule has 0 spiro atoms. The van der Waals surface area contributed by atoms with E-state index in [1.165, 1.54) is 20.3 Å². The zero-order chi connectivity index (χ0) is 19.1.